The van der Waals surface area contributed by atoms with E-state index in [1.807, 2.05) is 32.0 Å². The second-order valence-electron chi connectivity index (χ2n) is 4.18. The maximum absolute atomic E-state index is 10.0. The summed E-state index contributed by atoms with van der Waals surface area (Å²) < 4.78 is 3.83. The van der Waals surface area contributed by atoms with E-state index in [0.29, 0.717) is 11.3 Å². The molecular formula is C14H14N2OS. The van der Waals surface area contributed by atoms with E-state index in [-0.39, 0.29) is 5.88 Å². The third-order valence-electron chi connectivity index (χ3n) is 2.86. The fraction of sp³-hybridized carbons (Fsp3) is 0.214. The van der Waals surface area contributed by atoms with E-state index in [9.17, 15) is 5.11 Å². The highest BCUT2D eigenvalue weighted by molar-refractivity contribution is 7.71. The molecule has 1 N–H and O–H groups in total. The summed E-state index contributed by atoms with van der Waals surface area (Å²) >= 11 is 5.35. The molecule has 2 rings (SSSR count). The summed E-state index contributed by atoms with van der Waals surface area (Å²) in [5, 5.41) is 10.0. The number of aryl methyl sites for hydroxylation is 2. The van der Waals surface area contributed by atoms with Gasteiger partial charge in [0.05, 0.1) is 18.4 Å². The van der Waals surface area contributed by atoms with E-state index in [0.717, 1.165) is 16.8 Å². The van der Waals surface area contributed by atoms with Crippen LogP contribution in [0.2, 0.25) is 0 Å². The lowest BCUT2D eigenvalue weighted by Crippen LogP contribution is -2.02. The Hall–Kier alpha value is -1.99. The van der Waals surface area contributed by atoms with Crippen molar-refractivity contribution in [3.63, 3.8) is 0 Å². The molecule has 0 radical (unpaired) electrons. The van der Waals surface area contributed by atoms with Gasteiger partial charge in [-0.3, -0.25) is 4.57 Å². The molecule has 92 valence electrons. The zero-order valence-electron chi connectivity index (χ0n) is 10.3. The molecule has 0 amide bonds. The molecule has 1 aromatic carbocycles. The van der Waals surface area contributed by atoms with Gasteiger partial charge in [-0.1, -0.05) is 24.1 Å². The first kappa shape index (κ1) is 12.5. The maximum atomic E-state index is 10.0. The van der Waals surface area contributed by atoms with Crippen LogP contribution in [0.15, 0.2) is 24.4 Å². The van der Waals surface area contributed by atoms with Crippen LogP contribution in [0.3, 0.4) is 0 Å². The van der Waals surface area contributed by atoms with Crippen molar-refractivity contribution >= 4 is 12.2 Å². The number of hydrogen-bond acceptors (Lipinski definition) is 2. The van der Waals surface area contributed by atoms with Crippen molar-refractivity contribution in [1.29, 1.82) is 0 Å². The van der Waals surface area contributed by atoms with Crippen LogP contribution in [0.4, 0.5) is 0 Å². The molecule has 18 heavy (non-hydrogen) atoms. The first-order chi connectivity index (χ1) is 8.56. The lowest BCUT2D eigenvalue weighted by molar-refractivity contribution is 0.441. The van der Waals surface area contributed by atoms with Crippen molar-refractivity contribution < 1.29 is 5.11 Å². The standard InChI is InChI=1S/C14H14N2OS/c1-4-8-15-9-12(17)16(14(15)18)13-10(2)6-5-7-11(13)3/h1,5-7,9,17H,8H2,2-3H3. The van der Waals surface area contributed by atoms with Gasteiger partial charge in [0.2, 0.25) is 5.88 Å². The summed E-state index contributed by atoms with van der Waals surface area (Å²) in [6.45, 7) is 4.33. The largest absolute Gasteiger partial charge is 0.493 e. The third kappa shape index (κ3) is 1.93. The number of hydrogen-bond donors (Lipinski definition) is 1. The Balaban J connectivity index is 2.73. The van der Waals surface area contributed by atoms with Gasteiger partial charge in [0.1, 0.15) is 0 Å². The van der Waals surface area contributed by atoms with E-state index >= 15 is 0 Å². The Kier molecular flexibility index (Phi) is 3.26. The molecule has 0 spiro atoms. The number of rotatable bonds is 2. The number of aromatic nitrogens is 2. The summed E-state index contributed by atoms with van der Waals surface area (Å²) in [4.78, 5) is 0. The number of imidazole rings is 1. The maximum Gasteiger partial charge on any atom is 0.214 e. The van der Waals surface area contributed by atoms with Crippen LogP contribution in [0.25, 0.3) is 5.69 Å². The van der Waals surface area contributed by atoms with Crippen LogP contribution >= 0.6 is 12.2 Å². The Labute approximate surface area is 111 Å². The Morgan fingerprint density at radius 1 is 1.33 bits per heavy atom. The van der Waals surface area contributed by atoms with Crippen molar-refractivity contribution in [1.82, 2.24) is 9.13 Å². The van der Waals surface area contributed by atoms with E-state index in [1.165, 1.54) is 0 Å². The number of para-hydroxylation sites is 1. The minimum absolute atomic E-state index is 0.104. The average molecular weight is 258 g/mol. The molecule has 0 aliphatic rings. The molecule has 4 heteroatoms. The summed E-state index contributed by atoms with van der Waals surface area (Å²) in [6, 6.07) is 5.96. The molecule has 0 aliphatic heterocycles. The number of aromatic hydroxyl groups is 1. The molecule has 0 saturated heterocycles. The van der Waals surface area contributed by atoms with Crippen LogP contribution in [0.5, 0.6) is 5.88 Å². The van der Waals surface area contributed by atoms with Crippen molar-refractivity contribution in [2.24, 2.45) is 0 Å². The lowest BCUT2D eigenvalue weighted by Gasteiger charge is -2.11. The van der Waals surface area contributed by atoms with Crippen LogP contribution < -0.4 is 0 Å². The van der Waals surface area contributed by atoms with Gasteiger partial charge < -0.3 is 9.67 Å². The molecule has 0 bridgehead atoms. The van der Waals surface area contributed by atoms with Gasteiger partial charge in [-0.2, -0.15) is 0 Å². The monoisotopic (exact) mass is 258 g/mol. The van der Waals surface area contributed by atoms with Crippen molar-refractivity contribution in [3.8, 4) is 23.9 Å². The molecule has 0 aliphatic carbocycles. The Bertz CT molecular complexity index is 669. The molecule has 0 atom stereocenters. The molecule has 1 heterocycles. The molecule has 2 aromatic rings. The normalized spacial score (nSPS) is 10.3. The van der Waals surface area contributed by atoms with Crippen LogP contribution in [0, 0.1) is 31.0 Å². The van der Waals surface area contributed by atoms with E-state index < -0.39 is 0 Å². The van der Waals surface area contributed by atoms with Crippen LogP contribution in [-0.4, -0.2) is 14.2 Å². The van der Waals surface area contributed by atoms with E-state index in [1.54, 1.807) is 15.3 Å². The summed E-state index contributed by atoms with van der Waals surface area (Å²) in [7, 11) is 0. The number of benzene rings is 1. The average Bonchev–Trinajstić information content (AvgIpc) is 2.57. The third-order valence-corrected chi connectivity index (χ3v) is 3.28. The predicted molar refractivity (Wildman–Crippen MR) is 74.6 cm³/mol. The topological polar surface area (TPSA) is 30.1 Å². The zero-order valence-corrected chi connectivity index (χ0v) is 11.2. The van der Waals surface area contributed by atoms with E-state index in [2.05, 4.69) is 5.92 Å². The SMILES string of the molecule is C#CCn1cc(O)n(-c2c(C)cccc2C)c1=S. The van der Waals surface area contributed by atoms with Crippen molar-refractivity contribution in [3.05, 3.63) is 40.3 Å². The van der Waals surface area contributed by atoms with Gasteiger partial charge in [-0.25, -0.2) is 0 Å². The molecular weight excluding hydrogens is 244 g/mol. The highest BCUT2D eigenvalue weighted by Crippen LogP contribution is 2.25. The summed E-state index contributed by atoms with van der Waals surface area (Å²) in [5.74, 6) is 2.62. The zero-order chi connectivity index (χ0) is 13.3. The summed E-state index contributed by atoms with van der Waals surface area (Å²) in [5.41, 5.74) is 3.02. The second-order valence-corrected chi connectivity index (χ2v) is 4.54. The predicted octanol–water partition coefficient (Wildman–Crippen LogP) is 2.96. The first-order valence-corrected chi connectivity index (χ1v) is 5.98. The summed E-state index contributed by atoms with van der Waals surface area (Å²) in [6.07, 6.45) is 6.84. The molecule has 0 saturated carbocycles. The first-order valence-electron chi connectivity index (χ1n) is 5.57. The molecule has 1 aromatic heterocycles. The van der Waals surface area contributed by atoms with Crippen molar-refractivity contribution in [2.45, 2.75) is 20.4 Å². The van der Waals surface area contributed by atoms with Gasteiger partial charge in [0.25, 0.3) is 0 Å². The van der Waals surface area contributed by atoms with E-state index in [4.69, 9.17) is 18.6 Å². The minimum atomic E-state index is 0.104. The van der Waals surface area contributed by atoms with Gasteiger partial charge in [0, 0.05) is 0 Å². The van der Waals surface area contributed by atoms with Gasteiger partial charge in [0.15, 0.2) is 4.77 Å². The van der Waals surface area contributed by atoms with Gasteiger partial charge in [-0.15, -0.1) is 6.42 Å². The van der Waals surface area contributed by atoms with Crippen LogP contribution in [-0.2, 0) is 6.54 Å². The van der Waals surface area contributed by atoms with Gasteiger partial charge >= 0.3 is 0 Å². The Morgan fingerprint density at radius 2 is 1.94 bits per heavy atom. The molecule has 0 unspecified atom stereocenters. The fourth-order valence-corrected chi connectivity index (χ4v) is 2.36. The smallest absolute Gasteiger partial charge is 0.214 e. The molecule has 3 nitrogen and oxygen atoms in total. The number of terminal acetylenes is 1. The number of nitrogens with zero attached hydrogens (tertiary/aromatic N) is 2. The highest BCUT2D eigenvalue weighted by atomic mass is 32.1. The minimum Gasteiger partial charge on any atom is -0.493 e. The quantitative estimate of drug-likeness (QED) is 0.663. The molecule has 0 fully saturated rings. The Morgan fingerprint density at radius 3 is 2.50 bits per heavy atom. The van der Waals surface area contributed by atoms with Crippen LogP contribution in [0.1, 0.15) is 11.1 Å². The lowest BCUT2D eigenvalue weighted by atomic mass is 10.1. The highest BCUT2D eigenvalue weighted by Gasteiger charge is 2.12. The van der Waals surface area contributed by atoms with Gasteiger partial charge in [-0.05, 0) is 37.2 Å². The van der Waals surface area contributed by atoms with Crippen molar-refractivity contribution in [2.75, 3.05) is 0 Å². The fourth-order valence-electron chi connectivity index (χ4n) is 2.06. The second kappa shape index (κ2) is 4.71.